The van der Waals surface area contributed by atoms with Crippen molar-refractivity contribution in [1.82, 2.24) is 5.06 Å². The smallest absolute Gasteiger partial charge is 0.277 e. The molecule has 76 valence electrons. The molecule has 4 nitrogen and oxygen atoms in total. The number of carbonyl (C=O) groups is 1. The van der Waals surface area contributed by atoms with Crippen LogP contribution < -0.4 is 4.74 Å². The summed E-state index contributed by atoms with van der Waals surface area (Å²) in [4.78, 5) is 11.3. The molecule has 1 aromatic carbocycles. The highest BCUT2D eigenvalue weighted by molar-refractivity contribution is 5.93. The molecule has 0 bridgehead atoms. The van der Waals surface area contributed by atoms with Crippen molar-refractivity contribution >= 4 is 5.91 Å². The number of hydrogen-bond donors (Lipinski definition) is 1. The molecule has 0 unspecified atom stereocenters. The molecular weight excluding hydrogens is 182 g/mol. The molecule has 0 aliphatic carbocycles. The van der Waals surface area contributed by atoms with Gasteiger partial charge in [-0.15, -0.1) is 0 Å². The Labute approximate surface area is 82.7 Å². The molecule has 1 N–H and O–H groups in total. The Morgan fingerprint density at radius 3 is 2.64 bits per heavy atom. The van der Waals surface area contributed by atoms with Crippen LogP contribution in [0.5, 0.6) is 5.75 Å². The first-order chi connectivity index (χ1) is 6.56. The second-order valence-corrected chi connectivity index (χ2v) is 3.01. The number of carbonyl (C=O) groups excluding carboxylic acids is 1. The van der Waals surface area contributed by atoms with Crippen LogP contribution in [0.4, 0.5) is 0 Å². The van der Waals surface area contributed by atoms with Crippen molar-refractivity contribution < 1.29 is 14.7 Å². The number of hydrogen-bond acceptors (Lipinski definition) is 3. The van der Waals surface area contributed by atoms with Gasteiger partial charge in [-0.3, -0.25) is 10.0 Å². The second-order valence-electron chi connectivity index (χ2n) is 3.01. The van der Waals surface area contributed by atoms with Crippen LogP contribution in [-0.4, -0.2) is 30.3 Å². The molecule has 0 saturated heterocycles. The van der Waals surface area contributed by atoms with Crippen molar-refractivity contribution in [1.29, 1.82) is 0 Å². The van der Waals surface area contributed by atoms with Crippen LogP contribution in [0.2, 0.25) is 0 Å². The number of methoxy groups -OCH3 is 1. The van der Waals surface area contributed by atoms with Crippen molar-refractivity contribution in [3.63, 3.8) is 0 Å². The zero-order valence-corrected chi connectivity index (χ0v) is 8.44. The highest BCUT2D eigenvalue weighted by Gasteiger charge is 2.10. The summed E-state index contributed by atoms with van der Waals surface area (Å²) in [6.07, 6.45) is 0. The van der Waals surface area contributed by atoms with E-state index in [9.17, 15) is 4.79 Å². The van der Waals surface area contributed by atoms with E-state index in [-0.39, 0.29) is 0 Å². The number of hydroxylamine groups is 2. The highest BCUT2D eigenvalue weighted by atomic mass is 16.5. The number of ether oxygens (including phenoxy) is 1. The molecule has 0 aromatic heterocycles. The molecule has 0 saturated carbocycles. The topological polar surface area (TPSA) is 49.8 Å². The van der Waals surface area contributed by atoms with Gasteiger partial charge in [0.25, 0.3) is 5.91 Å². The summed E-state index contributed by atoms with van der Waals surface area (Å²) in [6.45, 7) is 1.88. The Hall–Kier alpha value is -1.55. The average Bonchev–Trinajstić information content (AvgIpc) is 2.17. The van der Waals surface area contributed by atoms with Gasteiger partial charge in [0.05, 0.1) is 7.11 Å². The Bertz CT molecular complexity index is 347. The lowest BCUT2D eigenvalue weighted by Crippen LogP contribution is -2.22. The molecule has 0 fully saturated rings. The molecule has 1 aromatic rings. The van der Waals surface area contributed by atoms with E-state index in [4.69, 9.17) is 9.94 Å². The van der Waals surface area contributed by atoms with Crippen LogP contribution in [0.3, 0.4) is 0 Å². The van der Waals surface area contributed by atoms with Crippen LogP contribution in [0.25, 0.3) is 0 Å². The van der Waals surface area contributed by atoms with Crippen LogP contribution in [0.15, 0.2) is 18.2 Å². The summed E-state index contributed by atoms with van der Waals surface area (Å²) < 4.78 is 5.06. The molecular formula is C10H13NO3. The lowest BCUT2D eigenvalue weighted by atomic mass is 10.1. The minimum absolute atomic E-state index is 0.400. The van der Waals surface area contributed by atoms with Crippen molar-refractivity contribution in [3.8, 4) is 5.75 Å². The minimum atomic E-state index is -0.455. The maximum absolute atomic E-state index is 11.3. The van der Waals surface area contributed by atoms with E-state index in [1.165, 1.54) is 7.05 Å². The zero-order chi connectivity index (χ0) is 10.7. The van der Waals surface area contributed by atoms with Crippen molar-refractivity contribution in [3.05, 3.63) is 29.3 Å². The maximum atomic E-state index is 11.3. The summed E-state index contributed by atoms with van der Waals surface area (Å²) in [6, 6.07) is 5.02. The molecule has 0 spiro atoms. The van der Waals surface area contributed by atoms with E-state index in [2.05, 4.69) is 0 Å². The lowest BCUT2D eigenvalue weighted by Gasteiger charge is -2.10. The van der Waals surface area contributed by atoms with Gasteiger partial charge < -0.3 is 4.74 Å². The van der Waals surface area contributed by atoms with Gasteiger partial charge in [-0.25, -0.2) is 5.06 Å². The summed E-state index contributed by atoms with van der Waals surface area (Å²) in [7, 11) is 2.83. The Morgan fingerprint density at radius 1 is 1.50 bits per heavy atom. The minimum Gasteiger partial charge on any atom is -0.496 e. The van der Waals surface area contributed by atoms with E-state index < -0.39 is 5.91 Å². The number of benzene rings is 1. The fourth-order valence-corrected chi connectivity index (χ4v) is 1.14. The van der Waals surface area contributed by atoms with Crippen molar-refractivity contribution in [2.75, 3.05) is 14.2 Å². The van der Waals surface area contributed by atoms with Gasteiger partial charge in [0.15, 0.2) is 0 Å². The second kappa shape index (κ2) is 4.11. The van der Waals surface area contributed by atoms with Gasteiger partial charge in [0.2, 0.25) is 0 Å². The Kier molecular flexibility index (Phi) is 3.09. The first-order valence-electron chi connectivity index (χ1n) is 4.18. The normalized spacial score (nSPS) is 9.71. The molecule has 14 heavy (non-hydrogen) atoms. The van der Waals surface area contributed by atoms with Gasteiger partial charge in [0.1, 0.15) is 5.75 Å². The quantitative estimate of drug-likeness (QED) is 0.574. The molecule has 0 atom stereocenters. The van der Waals surface area contributed by atoms with Gasteiger partial charge >= 0.3 is 0 Å². The van der Waals surface area contributed by atoms with Crippen molar-refractivity contribution in [2.45, 2.75) is 6.92 Å². The van der Waals surface area contributed by atoms with Crippen LogP contribution in [-0.2, 0) is 0 Å². The van der Waals surface area contributed by atoms with Crippen LogP contribution in [0, 0.1) is 6.92 Å². The largest absolute Gasteiger partial charge is 0.496 e. The SMILES string of the molecule is COc1cc(C(=O)N(C)O)ccc1C. The van der Waals surface area contributed by atoms with Gasteiger partial charge in [-0.05, 0) is 24.6 Å². The average molecular weight is 195 g/mol. The van der Waals surface area contributed by atoms with Gasteiger partial charge in [0, 0.05) is 12.6 Å². The summed E-state index contributed by atoms with van der Waals surface area (Å²) in [5, 5.41) is 9.50. The molecule has 1 amide bonds. The van der Waals surface area contributed by atoms with E-state index in [0.717, 1.165) is 5.56 Å². The number of rotatable bonds is 2. The molecule has 4 heteroatoms. The van der Waals surface area contributed by atoms with E-state index in [0.29, 0.717) is 16.4 Å². The highest BCUT2D eigenvalue weighted by Crippen LogP contribution is 2.19. The maximum Gasteiger partial charge on any atom is 0.277 e. The Morgan fingerprint density at radius 2 is 2.14 bits per heavy atom. The number of aryl methyl sites for hydroxylation is 1. The van der Waals surface area contributed by atoms with E-state index in [1.807, 2.05) is 6.92 Å². The van der Waals surface area contributed by atoms with Crippen molar-refractivity contribution in [2.24, 2.45) is 0 Å². The summed E-state index contributed by atoms with van der Waals surface area (Å²) in [5.74, 6) is 0.181. The molecule has 0 aliphatic rings. The third kappa shape index (κ3) is 2.03. The fourth-order valence-electron chi connectivity index (χ4n) is 1.14. The monoisotopic (exact) mass is 195 g/mol. The van der Waals surface area contributed by atoms with Crippen LogP contribution in [0.1, 0.15) is 15.9 Å². The van der Waals surface area contributed by atoms with E-state index >= 15 is 0 Å². The predicted molar refractivity (Wildman–Crippen MR) is 51.6 cm³/mol. The third-order valence-corrected chi connectivity index (χ3v) is 1.95. The third-order valence-electron chi connectivity index (χ3n) is 1.95. The lowest BCUT2D eigenvalue weighted by molar-refractivity contribution is -0.0375. The zero-order valence-electron chi connectivity index (χ0n) is 8.44. The van der Waals surface area contributed by atoms with Crippen LogP contribution >= 0.6 is 0 Å². The summed E-state index contributed by atoms with van der Waals surface area (Å²) >= 11 is 0. The Balaban J connectivity index is 3.06. The molecule has 1 rings (SSSR count). The van der Waals surface area contributed by atoms with Gasteiger partial charge in [-0.1, -0.05) is 6.07 Å². The molecule has 0 radical (unpaired) electrons. The number of nitrogens with zero attached hydrogens (tertiary/aromatic N) is 1. The molecule has 0 heterocycles. The van der Waals surface area contributed by atoms with E-state index in [1.54, 1.807) is 25.3 Å². The first kappa shape index (κ1) is 10.5. The fraction of sp³-hybridized carbons (Fsp3) is 0.300. The summed E-state index contributed by atoms with van der Waals surface area (Å²) in [5.41, 5.74) is 1.35. The predicted octanol–water partition coefficient (Wildman–Crippen LogP) is 1.46. The number of amides is 1. The molecule has 0 aliphatic heterocycles. The van der Waals surface area contributed by atoms with Gasteiger partial charge in [-0.2, -0.15) is 0 Å². The standard InChI is InChI=1S/C10H13NO3/c1-7-4-5-8(6-9(7)14-3)10(12)11(2)13/h4-6,13H,1-3H3. The first-order valence-corrected chi connectivity index (χ1v) is 4.18.